The molecule has 0 fully saturated rings. The van der Waals surface area contributed by atoms with Crippen LogP contribution in [0.2, 0.25) is 0 Å². The van der Waals surface area contributed by atoms with E-state index < -0.39 is 0 Å². The molecule has 4 rings (SSSR count). The Morgan fingerprint density at radius 1 is 1.00 bits per heavy atom. The second kappa shape index (κ2) is 9.09. The van der Waals surface area contributed by atoms with Gasteiger partial charge in [0.05, 0.1) is 18.0 Å². The highest BCUT2D eigenvalue weighted by Crippen LogP contribution is 2.25. The van der Waals surface area contributed by atoms with E-state index in [9.17, 15) is 4.79 Å². The fourth-order valence-electron chi connectivity index (χ4n) is 3.41. The summed E-state index contributed by atoms with van der Waals surface area (Å²) < 4.78 is 8.16. The van der Waals surface area contributed by atoms with Crippen molar-refractivity contribution < 1.29 is 4.74 Å². The van der Waals surface area contributed by atoms with Gasteiger partial charge in [-0.15, -0.1) is 0 Å². The van der Waals surface area contributed by atoms with Crippen LogP contribution in [0.4, 0.5) is 0 Å². The minimum atomic E-state index is -0.0302. The summed E-state index contributed by atoms with van der Waals surface area (Å²) in [4.78, 5) is 18.0. The van der Waals surface area contributed by atoms with Gasteiger partial charge in [-0.2, -0.15) is 0 Å². The standard InChI is InChI=1S/C25H21BrN2O2/c1-30-23-13-12-20(26)17-19(23)11-14-24-27-22-10-6-5-9-21(22)25(29)28(24)16-15-18-7-3-2-4-8-18/h2-14,17H,15-16H2,1H3/b14-11+. The van der Waals surface area contributed by atoms with Crippen molar-refractivity contribution in [2.75, 3.05) is 7.11 Å². The predicted octanol–water partition coefficient (Wildman–Crippen LogP) is 5.58. The number of rotatable bonds is 6. The molecule has 3 aromatic carbocycles. The van der Waals surface area contributed by atoms with Crippen molar-refractivity contribution in [3.63, 3.8) is 0 Å². The van der Waals surface area contributed by atoms with Gasteiger partial charge in [0, 0.05) is 16.6 Å². The second-order valence-electron chi connectivity index (χ2n) is 6.90. The number of methoxy groups -OCH3 is 1. The molecule has 0 saturated heterocycles. The molecule has 0 saturated carbocycles. The molecule has 0 spiro atoms. The molecule has 0 radical (unpaired) electrons. The van der Waals surface area contributed by atoms with E-state index in [-0.39, 0.29) is 5.56 Å². The predicted molar refractivity (Wildman–Crippen MR) is 126 cm³/mol. The van der Waals surface area contributed by atoms with E-state index in [4.69, 9.17) is 9.72 Å². The highest BCUT2D eigenvalue weighted by atomic mass is 79.9. The molecule has 0 bridgehead atoms. The maximum Gasteiger partial charge on any atom is 0.261 e. The normalized spacial score (nSPS) is 11.3. The first-order valence-electron chi connectivity index (χ1n) is 9.71. The van der Waals surface area contributed by atoms with Crippen LogP contribution in [-0.2, 0) is 13.0 Å². The summed E-state index contributed by atoms with van der Waals surface area (Å²) >= 11 is 3.50. The van der Waals surface area contributed by atoms with Crippen molar-refractivity contribution in [1.29, 1.82) is 0 Å². The van der Waals surface area contributed by atoms with Crippen molar-refractivity contribution in [3.05, 3.63) is 105 Å². The van der Waals surface area contributed by atoms with Gasteiger partial charge in [0.25, 0.3) is 5.56 Å². The number of benzene rings is 3. The molecule has 0 atom stereocenters. The van der Waals surface area contributed by atoms with E-state index in [1.54, 1.807) is 11.7 Å². The zero-order chi connectivity index (χ0) is 20.9. The third-order valence-corrected chi connectivity index (χ3v) is 5.46. The van der Waals surface area contributed by atoms with Crippen LogP contribution in [0.1, 0.15) is 17.0 Å². The lowest BCUT2D eigenvalue weighted by atomic mass is 10.1. The molecule has 4 nitrogen and oxygen atoms in total. The maximum absolute atomic E-state index is 13.2. The number of aryl methyl sites for hydroxylation is 1. The smallest absolute Gasteiger partial charge is 0.261 e. The van der Waals surface area contributed by atoms with Crippen LogP contribution in [0.3, 0.4) is 0 Å². The Kier molecular flexibility index (Phi) is 6.10. The van der Waals surface area contributed by atoms with E-state index in [1.165, 1.54) is 5.56 Å². The molecular weight excluding hydrogens is 440 g/mol. The molecule has 4 aromatic rings. The Hall–Kier alpha value is -3.18. The summed E-state index contributed by atoms with van der Waals surface area (Å²) in [7, 11) is 1.64. The molecule has 150 valence electrons. The summed E-state index contributed by atoms with van der Waals surface area (Å²) in [6, 6.07) is 23.4. The number of fused-ring (bicyclic) bond motifs is 1. The quantitative estimate of drug-likeness (QED) is 0.377. The molecule has 30 heavy (non-hydrogen) atoms. The molecule has 5 heteroatoms. The van der Waals surface area contributed by atoms with Crippen molar-refractivity contribution in [1.82, 2.24) is 9.55 Å². The summed E-state index contributed by atoms with van der Waals surface area (Å²) in [5.74, 6) is 1.38. The molecule has 0 unspecified atom stereocenters. The van der Waals surface area contributed by atoms with E-state index in [2.05, 4.69) is 28.1 Å². The third kappa shape index (κ3) is 4.36. The van der Waals surface area contributed by atoms with Gasteiger partial charge in [-0.3, -0.25) is 9.36 Å². The minimum absolute atomic E-state index is 0.0302. The topological polar surface area (TPSA) is 44.1 Å². The summed E-state index contributed by atoms with van der Waals surface area (Å²) in [5, 5.41) is 0.628. The van der Waals surface area contributed by atoms with Crippen molar-refractivity contribution in [2.45, 2.75) is 13.0 Å². The maximum atomic E-state index is 13.2. The molecule has 1 heterocycles. The number of hydrogen-bond acceptors (Lipinski definition) is 3. The zero-order valence-corrected chi connectivity index (χ0v) is 18.2. The van der Waals surface area contributed by atoms with Gasteiger partial charge < -0.3 is 4.74 Å². The highest BCUT2D eigenvalue weighted by molar-refractivity contribution is 9.10. The van der Waals surface area contributed by atoms with Gasteiger partial charge in [-0.05, 0) is 54.5 Å². The molecule has 0 aliphatic heterocycles. The molecule has 1 aromatic heterocycles. The highest BCUT2D eigenvalue weighted by Gasteiger charge is 2.10. The first-order valence-corrected chi connectivity index (χ1v) is 10.5. The average molecular weight is 461 g/mol. The monoisotopic (exact) mass is 460 g/mol. The third-order valence-electron chi connectivity index (χ3n) is 4.96. The summed E-state index contributed by atoms with van der Waals surface area (Å²) in [6.07, 6.45) is 4.56. The Morgan fingerprint density at radius 3 is 2.57 bits per heavy atom. The summed E-state index contributed by atoms with van der Waals surface area (Å²) in [6.45, 7) is 0.552. The summed E-state index contributed by atoms with van der Waals surface area (Å²) in [5.41, 5.74) is 2.75. The number of para-hydroxylation sites is 1. The molecular formula is C25H21BrN2O2. The van der Waals surface area contributed by atoms with Crippen LogP contribution in [0.25, 0.3) is 23.1 Å². The average Bonchev–Trinajstić information content (AvgIpc) is 2.78. The van der Waals surface area contributed by atoms with E-state index >= 15 is 0 Å². The largest absolute Gasteiger partial charge is 0.496 e. The van der Waals surface area contributed by atoms with Crippen LogP contribution in [0.15, 0.2) is 82.1 Å². The van der Waals surface area contributed by atoms with Crippen molar-refractivity contribution in [2.24, 2.45) is 0 Å². The minimum Gasteiger partial charge on any atom is -0.496 e. The SMILES string of the molecule is COc1ccc(Br)cc1/C=C/c1nc2ccccc2c(=O)n1CCc1ccccc1. The Labute approximate surface area is 183 Å². The first-order chi connectivity index (χ1) is 14.7. The van der Waals surface area contributed by atoms with Crippen molar-refractivity contribution in [3.8, 4) is 5.75 Å². The van der Waals surface area contributed by atoms with Crippen LogP contribution in [0.5, 0.6) is 5.75 Å². The molecule has 0 aliphatic carbocycles. The van der Waals surface area contributed by atoms with Crippen LogP contribution >= 0.6 is 15.9 Å². The Morgan fingerprint density at radius 2 is 1.77 bits per heavy atom. The first kappa shape index (κ1) is 20.1. The van der Waals surface area contributed by atoms with Crippen LogP contribution < -0.4 is 10.3 Å². The van der Waals surface area contributed by atoms with Crippen LogP contribution in [-0.4, -0.2) is 16.7 Å². The lowest BCUT2D eigenvalue weighted by Crippen LogP contribution is -2.25. The number of aromatic nitrogens is 2. The lowest BCUT2D eigenvalue weighted by Gasteiger charge is -2.12. The number of ether oxygens (including phenoxy) is 1. The van der Waals surface area contributed by atoms with E-state index in [0.717, 1.165) is 22.2 Å². The fourth-order valence-corrected chi connectivity index (χ4v) is 3.79. The Bertz CT molecular complexity index is 1260. The number of nitrogens with zero attached hydrogens (tertiary/aromatic N) is 2. The number of hydrogen-bond donors (Lipinski definition) is 0. The van der Waals surface area contributed by atoms with E-state index in [0.29, 0.717) is 23.3 Å². The Balaban J connectivity index is 1.77. The number of halogens is 1. The van der Waals surface area contributed by atoms with Crippen LogP contribution in [0, 0.1) is 0 Å². The van der Waals surface area contributed by atoms with Gasteiger partial charge >= 0.3 is 0 Å². The lowest BCUT2D eigenvalue weighted by molar-refractivity contribution is 0.414. The van der Waals surface area contributed by atoms with Gasteiger partial charge in [0.1, 0.15) is 11.6 Å². The van der Waals surface area contributed by atoms with E-state index in [1.807, 2.05) is 72.8 Å². The molecule has 0 amide bonds. The van der Waals surface area contributed by atoms with Gasteiger partial charge in [0.15, 0.2) is 0 Å². The molecule has 0 aliphatic rings. The molecule has 0 N–H and O–H groups in total. The van der Waals surface area contributed by atoms with Gasteiger partial charge in [0.2, 0.25) is 0 Å². The van der Waals surface area contributed by atoms with Gasteiger partial charge in [-0.1, -0.05) is 58.4 Å². The fraction of sp³-hybridized carbons (Fsp3) is 0.120. The second-order valence-corrected chi connectivity index (χ2v) is 7.81. The zero-order valence-electron chi connectivity index (χ0n) is 16.6. The van der Waals surface area contributed by atoms with Gasteiger partial charge in [-0.25, -0.2) is 4.98 Å². The van der Waals surface area contributed by atoms with Crippen molar-refractivity contribution >= 4 is 39.0 Å².